The van der Waals surface area contributed by atoms with E-state index >= 15 is 0 Å². The quantitative estimate of drug-likeness (QED) is 0.726. The smallest absolute Gasteiger partial charge is 0.410 e. The van der Waals surface area contributed by atoms with Gasteiger partial charge < -0.3 is 25.2 Å². The third-order valence-corrected chi connectivity index (χ3v) is 3.93. The maximum absolute atomic E-state index is 12.5. The number of piperazine rings is 1. The van der Waals surface area contributed by atoms with E-state index in [-0.39, 0.29) is 18.2 Å². The molecule has 126 valence electrons. The minimum atomic E-state index is -0.492. The monoisotopic (exact) mass is 312 g/mol. The van der Waals surface area contributed by atoms with Gasteiger partial charge in [0.15, 0.2) is 0 Å². The Hall–Kier alpha value is -1.50. The summed E-state index contributed by atoms with van der Waals surface area (Å²) in [5, 5.41) is 0. The number of ether oxygens (including phenoxy) is 1. The average Bonchev–Trinajstić information content (AvgIpc) is 2.45. The van der Waals surface area contributed by atoms with Crippen molar-refractivity contribution in [1.82, 2.24) is 14.7 Å². The number of amides is 3. The summed E-state index contributed by atoms with van der Waals surface area (Å²) in [6.07, 6.45) is 1.64. The summed E-state index contributed by atoms with van der Waals surface area (Å²) >= 11 is 0. The Morgan fingerprint density at radius 2 is 1.59 bits per heavy atom. The molecule has 0 aromatic carbocycles. The molecule has 22 heavy (non-hydrogen) atoms. The molecule has 2 heterocycles. The van der Waals surface area contributed by atoms with E-state index in [4.69, 9.17) is 10.5 Å². The highest BCUT2D eigenvalue weighted by Crippen LogP contribution is 2.15. The van der Waals surface area contributed by atoms with E-state index in [2.05, 4.69) is 0 Å². The number of carbonyl (C=O) groups excluding carboxylic acids is 2. The summed E-state index contributed by atoms with van der Waals surface area (Å²) in [6, 6.07) is 0.125. The molecule has 3 amide bonds. The molecule has 0 unspecified atom stereocenters. The van der Waals surface area contributed by atoms with Crippen molar-refractivity contribution in [3.63, 3.8) is 0 Å². The molecule has 7 nitrogen and oxygen atoms in total. The molecule has 0 spiro atoms. The van der Waals surface area contributed by atoms with E-state index in [0.29, 0.717) is 32.7 Å². The number of likely N-dealkylation sites (tertiary alicyclic amines) is 1. The van der Waals surface area contributed by atoms with Gasteiger partial charge in [0.25, 0.3) is 0 Å². The third kappa shape index (κ3) is 4.50. The van der Waals surface area contributed by atoms with Gasteiger partial charge in [-0.1, -0.05) is 0 Å². The fourth-order valence-corrected chi connectivity index (χ4v) is 2.79. The first-order valence-corrected chi connectivity index (χ1v) is 8.03. The summed E-state index contributed by atoms with van der Waals surface area (Å²) in [5.41, 5.74) is 5.44. The lowest BCUT2D eigenvalue weighted by Gasteiger charge is -2.39. The highest BCUT2D eigenvalue weighted by molar-refractivity contribution is 5.75. The van der Waals surface area contributed by atoms with Crippen LogP contribution in [-0.2, 0) is 4.74 Å². The van der Waals surface area contributed by atoms with E-state index < -0.39 is 5.60 Å². The molecule has 2 rings (SSSR count). The lowest BCUT2D eigenvalue weighted by Crippen LogP contribution is -2.57. The number of hydrogen-bond acceptors (Lipinski definition) is 4. The molecule has 0 bridgehead atoms. The molecule has 2 saturated heterocycles. The Balaban J connectivity index is 1.81. The van der Waals surface area contributed by atoms with Crippen LogP contribution in [-0.4, -0.2) is 77.7 Å². The number of nitrogens with zero attached hydrogens (tertiary/aromatic N) is 3. The summed E-state index contributed by atoms with van der Waals surface area (Å²) in [7, 11) is 0. The van der Waals surface area contributed by atoms with Crippen LogP contribution in [0.2, 0.25) is 0 Å². The molecule has 0 radical (unpaired) electrons. The van der Waals surface area contributed by atoms with Crippen LogP contribution >= 0.6 is 0 Å². The van der Waals surface area contributed by atoms with Crippen LogP contribution < -0.4 is 5.73 Å². The van der Waals surface area contributed by atoms with Crippen molar-refractivity contribution in [2.45, 2.75) is 45.3 Å². The van der Waals surface area contributed by atoms with Crippen LogP contribution in [0.25, 0.3) is 0 Å². The van der Waals surface area contributed by atoms with Gasteiger partial charge in [-0.25, -0.2) is 9.59 Å². The molecular weight excluding hydrogens is 284 g/mol. The molecule has 7 heteroatoms. The normalized spacial score (nSPS) is 23.5. The van der Waals surface area contributed by atoms with Crippen LogP contribution in [0.3, 0.4) is 0 Å². The van der Waals surface area contributed by atoms with Gasteiger partial charge >= 0.3 is 12.1 Å². The molecule has 2 aliphatic rings. The second-order valence-electron chi connectivity index (χ2n) is 7.09. The van der Waals surface area contributed by atoms with Gasteiger partial charge in [-0.2, -0.15) is 0 Å². The number of urea groups is 1. The number of piperidine rings is 1. The second-order valence-corrected chi connectivity index (χ2v) is 7.09. The SMILES string of the molecule is CC(C)(C)OC(=O)N1CCN(C(=O)N2CCC[C@@H](N)C2)CC1. The summed E-state index contributed by atoms with van der Waals surface area (Å²) in [6.45, 7) is 9.08. The highest BCUT2D eigenvalue weighted by Gasteiger charge is 2.30. The first-order chi connectivity index (χ1) is 10.3. The lowest BCUT2D eigenvalue weighted by atomic mass is 10.1. The standard InChI is InChI=1S/C15H28N4O3/c1-15(2,3)22-14(21)18-9-7-17(8-10-18)13(20)19-6-4-5-12(16)11-19/h12H,4-11,16H2,1-3H3/t12-/m1/s1. The van der Waals surface area contributed by atoms with E-state index in [1.165, 1.54) is 0 Å². The van der Waals surface area contributed by atoms with Crippen LogP contribution in [0.15, 0.2) is 0 Å². The molecule has 0 aliphatic carbocycles. The zero-order valence-electron chi connectivity index (χ0n) is 13.9. The van der Waals surface area contributed by atoms with Crippen molar-refractivity contribution in [3.05, 3.63) is 0 Å². The zero-order chi connectivity index (χ0) is 16.3. The van der Waals surface area contributed by atoms with Gasteiger partial charge in [-0.15, -0.1) is 0 Å². The van der Waals surface area contributed by atoms with Gasteiger partial charge in [0.05, 0.1) is 0 Å². The molecule has 1 atom stereocenters. The Labute approximate surface area is 132 Å². The van der Waals surface area contributed by atoms with E-state index in [9.17, 15) is 9.59 Å². The molecule has 2 N–H and O–H groups in total. The highest BCUT2D eigenvalue weighted by atomic mass is 16.6. The third-order valence-electron chi connectivity index (χ3n) is 3.93. The van der Waals surface area contributed by atoms with Crippen LogP contribution in [0, 0.1) is 0 Å². The van der Waals surface area contributed by atoms with Crippen LogP contribution in [0.5, 0.6) is 0 Å². The fraction of sp³-hybridized carbons (Fsp3) is 0.867. The first-order valence-electron chi connectivity index (χ1n) is 8.03. The van der Waals surface area contributed by atoms with E-state index in [1.54, 1.807) is 9.80 Å². The predicted molar refractivity (Wildman–Crippen MR) is 83.6 cm³/mol. The Kier molecular flexibility index (Phi) is 5.16. The maximum atomic E-state index is 12.5. The predicted octanol–water partition coefficient (Wildman–Crippen LogP) is 1.08. The van der Waals surface area contributed by atoms with Crippen molar-refractivity contribution in [3.8, 4) is 0 Å². The van der Waals surface area contributed by atoms with Crippen molar-refractivity contribution < 1.29 is 14.3 Å². The molecule has 0 saturated carbocycles. The number of rotatable bonds is 0. The minimum absolute atomic E-state index is 0.0407. The minimum Gasteiger partial charge on any atom is -0.444 e. The van der Waals surface area contributed by atoms with Gasteiger partial charge in [-0.3, -0.25) is 0 Å². The van der Waals surface area contributed by atoms with Crippen molar-refractivity contribution >= 4 is 12.1 Å². The van der Waals surface area contributed by atoms with Crippen molar-refractivity contribution in [1.29, 1.82) is 0 Å². The number of hydrogen-bond donors (Lipinski definition) is 1. The average molecular weight is 312 g/mol. The van der Waals surface area contributed by atoms with Crippen LogP contribution in [0.1, 0.15) is 33.6 Å². The van der Waals surface area contributed by atoms with E-state index in [0.717, 1.165) is 19.4 Å². The maximum Gasteiger partial charge on any atom is 0.410 e. The lowest BCUT2D eigenvalue weighted by molar-refractivity contribution is 0.0154. The molecule has 0 aromatic heterocycles. The molecular formula is C15H28N4O3. The second kappa shape index (κ2) is 6.73. The fourth-order valence-electron chi connectivity index (χ4n) is 2.79. The largest absolute Gasteiger partial charge is 0.444 e. The van der Waals surface area contributed by atoms with Crippen LogP contribution in [0.4, 0.5) is 9.59 Å². The summed E-state index contributed by atoms with van der Waals surface area (Å²) in [5.74, 6) is 0. The zero-order valence-corrected chi connectivity index (χ0v) is 13.9. The molecule has 2 fully saturated rings. The Morgan fingerprint density at radius 1 is 1.00 bits per heavy atom. The van der Waals surface area contributed by atoms with Gasteiger partial charge in [0.2, 0.25) is 0 Å². The van der Waals surface area contributed by atoms with Crippen molar-refractivity contribution in [2.24, 2.45) is 5.73 Å². The number of carbonyl (C=O) groups is 2. The molecule has 2 aliphatic heterocycles. The molecule has 0 aromatic rings. The Bertz CT molecular complexity index is 414. The summed E-state index contributed by atoms with van der Waals surface area (Å²) in [4.78, 5) is 29.8. The first kappa shape index (κ1) is 16.9. The van der Waals surface area contributed by atoms with E-state index in [1.807, 2.05) is 25.7 Å². The van der Waals surface area contributed by atoms with Crippen molar-refractivity contribution in [2.75, 3.05) is 39.3 Å². The van der Waals surface area contributed by atoms with Gasteiger partial charge in [0, 0.05) is 45.3 Å². The topological polar surface area (TPSA) is 79.1 Å². The Morgan fingerprint density at radius 3 is 2.14 bits per heavy atom. The van der Waals surface area contributed by atoms with Gasteiger partial charge in [-0.05, 0) is 33.6 Å². The number of nitrogens with two attached hydrogens (primary N) is 1. The van der Waals surface area contributed by atoms with Gasteiger partial charge in [0.1, 0.15) is 5.60 Å². The summed E-state index contributed by atoms with van der Waals surface area (Å²) < 4.78 is 5.36.